The van der Waals surface area contributed by atoms with Gasteiger partial charge >= 0.3 is 5.97 Å². The number of hydrogen-bond donors (Lipinski definition) is 1. The third-order valence-corrected chi connectivity index (χ3v) is 3.25. The Bertz CT molecular complexity index is 425. The molecule has 0 aliphatic carbocycles. The third-order valence-electron chi connectivity index (χ3n) is 3.25. The van der Waals surface area contributed by atoms with Gasteiger partial charge in [0, 0.05) is 6.54 Å². The summed E-state index contributed by atoms with van der Waals surface area (Å²) in [7, 11) is 1.41. The quantitative estimate of drug-likeness (QED) is 0.814. The summed E-state index contributed by atoms with van der Waals surface area (Å²) in [5.74, 6) is -0.234. The van der Waals surface area contributed by atoms with Crippen LogP contribution in [0.2, 0.25) is 0 Å². The molecule has 0 amide bonds. The smallest absolute Gasteiger partial charge is 0.325 e. The molecule has 0 bridgehead atoms. The number of rotatable bonds is 5. The van der Waals surface area contributed by atoms with Crippen LogP contribution in [0.15, 0.2) is 18.2 Å². The maximum absolute atomic E-state index is 11.5. The molecule has 0 atom stereocenters. The van der Waals surface area contributed by atoms with E-state index in [9.17, 15) is 4.79 Å². The van der Waals surface area contributed by atoms with Crippen molar-refractivity contribution in [2.45, 2.75) is 39.7 Å². The molecule has 0 aromatic heterocycles. The van der Waals surface area contributed by atoms with E-state index < -0.39 is 5.54 Å². The fraction of sp³-hybridized carbons (Fsp3) is 0.533. The van der Waals surface area contributed by atoms with Gasteiger partial charge in [-0.2, -0.15) is 0 Å². The highest BCUT2D eigenvalue weighted by atomic mass is 16.5. The van der Waals surface area contributed by atoms with Crippen LogP contribution in [-0.2, 0) is 16.0 Å². The Morgan fingerprint density at radius 2 is 1.94 bits per heavy atom. The third kappa shape index (κ3) is 3.84. The van der Waals surface area contributed by atoms with Crippen LogP contribution in [0, 0.1) is 13.8 Å². The molecule has 0 fully saturated rings. The molecule has 1 aromatic carbocycles. The predicted octanol–water partition coefficient (Wildman–Crippen LogP) is 2.39. The number of ether oxygens (including phenoxy) is 1. The van der Waals surface area contributed by atoms with Gasteiger partial charge in [0.1, 0.15) is 5.54 Å². The molecule has 0 spiro atoms. The second kappa shape index (κ2) is 6.01. The zero-order valence-corrected chi connectivity index (χ0v) is 12.0. The Labute approximate surface area is 110 Å². The van der Waals surface area contributed by atoms with Crippen LogP contribution in [0.3, 0.4) is 0 Å². The van der Waals surface area contributed by atoms with E-state index in [-0.39, 0.29) is 5.97 Å². The number of carbonyl (C=O) groups is 1. The molecule has 1 aromatic rings. The standard InChI is InChI=1S/C15H23NO2/c1-11-6-7-13(10-12(11)2)8-9-16-15(3,4)14(17)18-5/h6-7,10,16H,8-9H2,1-5H3. The summed E-state index contributed by atoms with van der Waals surface area (Å²) in [6.45, 7) is 8.64. The molecule has 0 saturated carbocycles. The normalized spacial score (nSPS) is 11.4. The van der Waals surface area contributed by atoms with Crippen molar-refractivity contribution >= 4 is 5.97 Å². The Hall–Kier alpha value is -1.35. The number of esters is 1. The first-order valence-corrected chi connectivity index (χ1v) is 6.26. The predicted molar refractivity (Wildman–Crippen MR) is 73.7 cm³/mol. The Balaban J connectivity index is 2.51. The molecular formula is C15H23NO2. The summed E-state index contributed by atoms with van der Waals surface area (Å²) >= 11 is 0. The maximum Gasteiger partial charge on any atom is 0.325 e. The zero-order valence-electron chi connectivity index (χ0n) is 12.0. The molecule has 0 aliphatic heterocycles. The summed E-state index contributed by atoms with van der Waals surface area (Å²) in [6, 6.07) is 6.47. The molecule has 100 valence electrons. The van der Waals surface area contributed by atoms with Gasteiger partial charge in [-0.3, -0.25) is 4.79 Å². The summed E-state index contributed by atoms with van der Waals surface area (Å²) in [6.07, 6.45) is 0.904. The van der Waals surface area contributed by atoms with Crippen molar-refractivity contribution in [1.82, 2.24) is 5.32 Å². The van der Waals surface area contributed by atoms with Gasteiger partial charge in [0.05, 0.1) is 7.11 Å². The number of nitrogens with one attached hydrogen (secondary N) is 1. The zero-order chi connectivity index (χ0) is 13.8. The molecule has 18 heavy (non-hydrogen) atoms. The lowest BCUT2D eigenvalue weighted by Crippen LogP contribution is -2.48. The SMILES string of the molecule is COC(=O)C(C)(C)NCCc1ccc(C)c(C)c1. The highest BCUT2D eigenvalue weighted by Crippen LogP contribution is 2.11. The summed E-state index contributed by atoms with van der Waals surface area (Å²) in [5, 5.41) is 3.22. The van der Waals surface area contributed by atoms with Gasteiger partial charge in [-0.1, -0.05) is 18.2 Å². The minimum atomic E-state index is -0.630. The van der Waals surface area contributed by atoms with E-state index in [0.29, 0.717) is 0 Å². The average molecular weight is 249 g/mol. The van der Waals surface area contributed by atoms with Crippen molar-refractivity contribution in [2.24, 2.45) is 0 Å². The average Bonchev–Trinajstić information content (AvgIpc) is 2.32. The van der Waals surface area contributed by atoms with E-state index in [1.165, 1.54) is 23.8 Å². The molecule has 0 aliphatic rings. The van der Waals surface area contributed by atoms with Gasteiger partial charge < -0.3 is 10.1 Å². The Kier molecular flexibility index (Phi) is 4.91. The Morgan fingerprint density at radius 3 is 2.50 bits per heavy atom. The van der Waals surface area contributed by atoms with Crippen LogP contribution < -0.4 is 5.32 Å². The Morgan fingerprint density at radius 1 is 1.28 bits per heavy atom. The number of benzene rings is 1. The highest BCUT2D eigenvalue weighted by molar-refractivity contribution is 5.79. The minimum absolute atomic E-state index is 0.234. The van der Waals surface area contributed by atoms with Gasteiger partial charge in [-0.25, -0.2) is 0 Å². The van der Waals surface area contributed by atoms with E-state index >= 15 is 0 Å². The largest absolute Gasteiger partial charge is 0.468 e. The number of hydrogen-bond acceptors (Lipinski definition) is 3. The van der Waals surface area contributed by atoms with Gasteiger partial charge in [0.15, 0.2) is 0 Å². The summed E-state index contributed by atoms with van der Waals surface area (Å²) in [4.78, 5) is 11.5. The van der Waals surface area contributed by atoms with Gasteiger partial charge in [0.2, 0.25) is 0 Å². The molecule has 0 radical (unpaired) electrons. The topological polar surface area (TPSA) is 38.3 Å². The molecule has 3 heteroatoms. The van der Waals surface area contributed by atoms with Crippen molar-refractivity contribution < 1.29 is 9.53 Å². The second-order valence-electron chi connectivity index (χ2n) is 5.21. The molecule has 0 unspecified atom stereocenters. The van der Waals surface area contributed by atoms with Crippen molar-refractivity contribution in [2.75, 3.05) is 13.7 Å². The first-order valence-electron chi connectivity index (χ1n) is 6.26. The lowest BCUT2D eigenvalue weighted by molar-refractivity contribution is -0.147. The molecule has 0 saturated heterocycles. The molecule has 1 rings (SSSR count). The van der Waals surface area contributed by atoms with E-state index in [0.717, 1.165) is 13.0 Å². The van der Waals surface area contributed by atoms with Crippen LogP contribution in [-0.4, -0.2) is 25.2 Å². The van der Waals surface area contributed by atoms with Crippen LogP contribution in [0.4, 0.5) is 0 Å². The van der Waals surface area contributed by atoms with E-state index in [1.807, 2.05) is 13.8 Å². The van der Waals surface area contributed by atoms with Crippen molar-refractivity contribution in [3.8, 4) is 0 Å². The molecule has 0 heterocycles. The fourth-order valence-electron chi connectivity index (χ4n) is 1.81. The number of carbonyl (C=O) groups excluding carboxylic acids is 1. The maximum atomic E-state index is 11.5. The van der Waals surface area contributed by atoms with Crippen LogP contribution in [0.25, 0.3) is 0 Å². The van der Waals surface area contributed by atoms with Crippen molar-refractivity contribution in [3.63, 3.8) is 0 Å². The van der Waals surface area contributed by atoms with Crippen LogP contribution >= 0.6 is 0 Å². The number of methoxy groups -OCH3 is 1. The van der Waals surface area contributed by atoms with E-state index in [4.69, 9.17) is 4.74 Å². The minimum Gasteiger partial charge on any atom is -0.468 e. The monoisotopic (exact) mass is 249 g/mol. The summed E-state index contributed by atoms with van der Waals surface area (Å²) < 4.78 is 4.75. The highest BCUT2D eigenvalue weighted by Gasteiger charge is 2.27. The van der Waals surface area contributed by atoms with E-state index in [2.05, 4.69) is 37.4 Å². The molecule has 1 N–H and O–H groups in total. The van der Waals surface area contributed by atoms with Gasteiger partial charge in [-0.15, -0.1) is 0 Å². The fourth-order valence-corrected chi connectivity index (χ4v) is 1.81. The van der Waals surface area contributed by atoms with Crippen molar-refractivity contribution in [1.29, 1.82) is 0 Å². The van der Waals surface area contributed by atoms with Crippen LogP contribution in [0.1, 0.15) is 30.5 Å². The molecular weight excluding hydrogens is 226 g/mol. The van der Waals surface area contributed by atoms with Gasteiger partial charge in [-0.05, 0) is 50.8 Å². The summed E-state index contributed by atoms with van der Waals surface area (Å²) in [5.41, 5.74) is 3.27. The first kappa shape index (κ1) is 14.7. The van der Waals surface area contributed by atoms with E-state index in [1.54, 1.807) is 0 Å². The van der Waals surface area contributed by atoms with Crippen molar-refractivity contribution in [3.05, 3.63) is 34.9 Å². The first-order chi connectivity index (χ1) is 8.36. The lowest BCUT2D eigenvalue weighted by atomic mass is 10.0. The number of aryl methyl sites for hydroxylation is 2. The van der Waals surface area contributed by atoms with Gasteiger partial charge in [0.25, 0.3) is 0 Å². The molecule has 3 nitrogen and oxygen atoms in total. The lowest BCUT2D eigenvalue weighted by Gasteiger charge is -2.23. The second-order valence-corrected chi connectivity index (χ2v) is 5.21. The van der Waals surface area contributed by atoms with Crippen LogP contribution in [0.5, 0.6) is 0 Å².